The fourth-order valence-corrected chi connectivity index (χ4v) is 6.07. The summed E-state index contributed by atoms with van der Waals surface area (Å²) in [4.78, 5) is 37.5. The molecule has 0 bridgehead atoms. The van der Waals surface area contributed by atoms with E-state index in [1.807, 2.05) is 0 Å². The number of halogens is 3. The number of nitrogens with one attached hydrogen (secondary N) is 3. The van der Waals surface area contributed by atoms with Crippen molar-refractivity contribution in [2.24, 2.45) is 4.99 Å². The predicted molar refractivity (Wildman–Crippen MR) is 149 cm³/mol. The van der Waals surface area contributed by atoms with Crippen molar-refractivity contribution in [3.05, 3.63) is 51.7 Å². The molecule has 1 saturated carbocycles. The van der Waals surface area contributed by atoms with Crippen LogP contribution in [0, 0.1) is 6.92 Å². The van der Waals surface area contributed by atoms with Crippen molar-refractivity contribution < 1.29 is 27.2 Å². The van der Waals surface area contributed by atoms with Gasteiger partial charge < -0.3 is 15.1 Å². The van der Waals surface area contributed by atoms with Crippen LogP contribution in [0.4, 0.5) is 18.0 Å². The number of nitrogens with zero attached hydrogens (tertiary/aromatic N) is 5. The highest BCUT2D eigenvalue weighted by Crippen LogP contribution is 2.43. The fourth-order valence-electron chi connectivity index (χ4n) is 4.97. The average Bonchev–Trinajstić information content (AvgIpc) is 3.61. The lowest BCUT2D eigenvalue weighted by atomic mass is 9.89. The molecule has 1 unspecified atom stereocenters. The molecule has 5 rings (SSSR count). The smallest absolute Gasteiger partial charge is 0.421 e. The maximum Gasteiger partial charge on any atom is 0.435 e. The number of carbonyl (C=O) groups is 2. The van der Waals surface area contributed by atoms with Crippen molar-refractivity contribution in [2.45, 2.75) is 70.5 Å². The Balaban J connectivity index is 1.53. The van der Waals surface area contributed by atoms with Gasteiger partial charge in [0.25, 0.3) is 5.91 Å². The highest BCUT2D eigenvalue weighted by Gasteiger charge is 2.41. The summed E-state index contributed by atoms with van der Waals surface area (Å²) in [7, 11) is 0. The minimum absolute atomic E-state index is 0.0291. The molecular weight excluding hydrogens is 573 g/mol. The van der Waals surface area contributed by atoms with Crippen LogP contribution in [0.3, 0.4) is 0 Å². The first kappa shape index (κ1) is 29.4. The molecular formula is C27H29F3N8O3S. The number of aromatic nitrogens is 4. The van der Waals surface area contributed by atoms with E-state index < -0.39 is 34.6 Å². The van der Waals surface area contributed by atoms with E-state index in [0.717, 1.165) is 32.1 Å². The monoisotopic (exact) mass is 602 g/mol. The van der Waals surface area contributed by atoms with Gasteiger partial charge in [-0.05, 0) is 37.0 Å². The van der Waals surface area contributed by atoms with Crippen molar-refractivity contribution in [3.63, 3.8) is 0 Å². The molecule has 15 heteroatoms. The molecule has 42 heavy (non-hydrogen) atoms. The number of hydrogen-bond donors (Lipinski definition) is 3. The van der Waals surface area contributed by atoms with E-state index in [4.69, 9.17) is 4.42 Å². The summed E-state index contributed by atoms with van der Waals surface area (Å²) in [5, 5.41) is 15.9. The number of thiazole rings is 1. The number of amides is 3. The van der Waals surface area contributed by atoms with E-state index in [1.165, 1.54) is 18.6 Å². The van der Waals surface area contributed by atoms with Gasteiger partial charge in [-0.15, -0.1) is 21.5 Å². The summed E-state index contributed by atoms with van der Waals surface area (Å²) >= 11 is 0.695. The van der Waals surface area contributed by atoms with E-state index >= 15 is 0 Å². The van der Waals surface area contributed by atoms with Crippen LogP contribution >= 0.6 is 11.3 Å². The summed E-state index contributed by atoms with van der Waals surface area (Å²) in [6, 6.07) is 1.04. The average molecular weight is 603 g/mol. The maximum atomic E-state index is 14.2. The zero-order chi connectivity index (χ0) is 29.9. The molecule has 0 spiro atoms. The Morgan fingerprint density at radius 1 is 1.12 bits per heavy atom. The summed E-state index contributed by atoms with van der Waals surface area (Å²) in [5.41, 5.74) is 0.310. The van der Waals surface area contributed by atoms with Crippen molar-refractivity contribution >= 4 is 34.7 Å². The standard InChI is InChI=1S/C27H29F3N8O3S/c1-3-32-26(40)35-20-10-18(19(13-33-20)15-9-16(12-31-11-15)24-38-37-14(2)41-24)25-36-22(27(28,29)30)21(42-25)23(39)34-17-7-5-4-6-8-17/h9,11-13,17-18H,3-8,10H2,1-2H3,(H,34,39)(H2,32,33,35,40). The van der Waals surface area contributed by atoms with Crippen LogP contribution in [0.2, 0.25) is 0 Å². The molecule has 11 nitrogen and oxygen atoms in total. The SMILES string of the molecule is CCNC(=O)NC1=NC=C(c2cncc(-c3nnc(C)o3)c2)C(c2nc(C(F)(F)F)c(C(=O)NC3CCCCC3)s2)C1. The second kappa shape index (κ2) is 12.4. The van der Waals surface area contributed by atoms with Gasteiger partial charge in [-0.1, -0.05) is 19.3 Å². The summed E-state index contributed by atoms with van der Waals surface area (Å²) in [6.45, 7) is 3.77. The number of hydrogen-bond acceptors (Lipinski definition) is 9. The molecule has 1 aliphatic carbocycles. The van der Waals surface area contributed by atoms with Crippen LogP contribution < -0.4 is 16.0 Å². The topological polar surface area (TPSA) is 147 Å². The Labute approximate surface area is 243 Å². The molecule has 1 atom stereocenters. The van der Waals surface area contributed by atoms with E-state index in [2.05, 4.69) is 41.1 Å². The van der Waals surface area contributed by atoms with Crippen molar-refractivity contribution in [1.82, 2.24) is 36.1 Å². The molecule has 1 aliphatic heterocycles. The molecule has 1 fully saturated rings. The molecule has 222 valence electrons. The summed E-state index contributed by atoms with van der Waals surface area (Å²) in [5.74, 6) is -0.736. The second-order valence-electron chi connectivity index (χ2n) is 10.0. The highest BCUT2D eigenvalue weighted by molar-refractivity contribution is 7.14. The Kier molecular flexibility index (Phi) is 8.66. The minimum Gasteiger partial charge on any atom is -0.421 e. The van der Waals surface area contributed by atoms with Gasteiger partial charge in [-0.25, -0.2) is 14.8 Å². The second-order valence-corrected chi connectivity index (χ2v) is 11.1. The van der Waals surface area contributed by atoms with Crippen LogP contribution in [0.25, 0.3) is 17.0 Å². The first-order chi connectivity index (χ1) is 20.1. The highest BCUT2D eigenvalue weighted by atomic mass is 32.1. The van der Waals surface area contributed by atoms with Gasteiger partial charge in [-0.2, -0.15) is 13.2 Å². The number of aliphatic imine (C=N–C) groups is 1. The molecule has 0 saturated heterocycles. The zero-order valence-corrected chi connectivity index (χ0v) is 23.7. The Morgan fingerprint density at radius 2 is 1.88 bits per heavy atom. The van der Waals surface area contributed by atoms with E-state index in [1.54, 1.807) is 19.9 Å². The molecule has 3 aromatic heterocycles. The van der Waals surface area contributed by atoms with Gasteiger partial charge in [0.15, 0.2) is 5.69 Å². The molecule has 4 heterocycles. The van der Waals surface area contributed by atoms with Crippen LogP contribution in [-0.4, -0.2) is 50.5 Å². The van der Waals surface area contributed by atoms with Crippen LogP contribution in [-0.2, 0) is 6.18 Å². The molecule has 3 aromatic rings. The number of aryl methyl sites for hydroxylation is 1. The molecule has 0 radical (unpaired) electrons. The number of carbonyl (C=O) groups excluding carboxylic acids is 2. The van der Waals surface area contributed by atoms with Gasteiger partial charge in [0.05, 0.1) is 5.56 Å². The van der Waals surface area contributed by atoms with Crippen molar-refractivity contribution in [3.8, 4) is 11.5 Å². The fraction of sp³-hybridized carbons (Fsp3) is 0.444. The normalized spacial score (nSPS) is 17.8. The quantitative estimate of drug-likeness (QED) is 0.350. The van der Waals surface area contributed by atoms with Crippen LogP contribution in [0.15, 0.2) is 34.1 Å². The minimum atomic E-state index is -4.85. The number of amidine groups is 1. The Hall–Kier alpha value is -4.14. The number of rotatable bonds is 6. The van der Waals surface area contributed by atoms with Gasteiger partial charge in [-0.3, -0.25) is 15.1 Å². The molecule has 3 N–H and O–H groups in total. The number of urea groups is 1. The number of pyridine rings is 1. The van der Waals surface area contributed by atoms with E-state index in [9.17, 15) is 22.8 Å². The largest absolute Gasteiger partial charge is 0.435 e. The summed E-state index contributed by atoms with van der Waals surface area (Å²) < 4.78 is 48.1. The van der Waals surface area contributed by atoms with Crippen LogP contribution in [0.5, 0.6) is 0 Å². The van der Waals surface area contributed by atoms with Crippen molar-refractivity contribution in [2.75, 3.05) is 6.54 Å². The first-order valence-corrected chi connectivity index (χ1v) is 14.4. The summed E-state index contributed by atoms with van der Waals surface area (Å²) in [6.07, 6.45) is 4.03. The van der Waals surface area contributed by atoms with Gasteiger partial charge in [0, 0.05) is 50.4 Å². The molecule has 0 aromatic carbocycles. The third-order valence-electron chi connectivity index (χ3n) is 6.93. The lowest BCUT2D eigenvalue weighted by molar-refractivity contribution is -0.141. The van der Waals surface area contributed by atoms with Gasteiger partial charge in [0.1, 0.15) is 15.7 Å². The van der Waals surface area contributed by atoms with Gasteiger partial charge >= 0.3 is 12.2 Å². The van der Waals surface area contributed by atoms with E-state index in [-0.39, 0.29) is 29.2 Å². The third kappa shape index (κ3) is 6.66. The Morgan fingerprint density at radius 3 is 2.57 bits per heavy atom. The predicted octanol–water partition coefficient (Wildman–Crippen LogP) is 5.22. The van der Waals surface area contributed by atoms with Crippen LogP contribution in [0.1, 0.15) is 83.2 Å². The number of alkyl halides is 3. The lowest BCUT2D eigenvalue weighted by Crippen LogP contribution is -2.40. The maximum absolute atomic E-state index is 14.2. The Bertz CT molecular complexity index is 1520. The van der Waals surface area contributed by atoms with Gasteiger partial charge in [0.2, 0.25) is 11.8 Å². The zero-order valence-electron chi connectivity index (χ0n) is 22.9. The molecule has 2 aliphatic rings. The first-order valence-electron chi connectivity index (χ1n) is 13.6. The third-order valence-corrected chi connectivity index (χ3v) is 8.10. The lowest BCUT2D eigenvalue weighted by Gasteiger charge is -2.23. The molecule has 3 amide bonds. The number of allylic oxidation sites excluding steroid dienone is 1. The van der Waals surface area contributed by atoms with E-state index in [0.29, 0.717) is 40.5 Å². The van der Waals surface area contributed by atoms with Crippen molar-refractivity contribution in [1.29, 1.82) is 0 Å².